The van der Waals surface area contributed by atoms with Crippen LogP contribution in [0.25, 0.3) is 0 Å². The van der Waals surface area contributed by atoms with Gasteiger partial charge in [-0.3, -0.25) is 0 Å². The molecule has 0 heterocycles. The van der Waals surface area contributed by atoms with E-state index in [0.29, 0.717) is 0 Å². The molecule has 14 heavy (non-hydrogen) atoms. The Bertz CT molecular complexity index is 161. The van der Waals surface area contributed by atoms with Crippen molar-refractivity contribution in [3.8, 4) is 0 Å². The Kier molecular flexibility index (Phi) is 6.15. The summed E-state index contributed by atoms with van der Waals surface area (Å²) in [5, 5.41) is 0. The van der Waals surface area contributed by atoms with E-state index in [1.807, 2.05) is 6.92 Å². The van der Waals surface area contributed by atoms with Gasteiger partial charge in [-0.1, -0.05) is 0 Å². The van der Waals surface area contributed by atoms with Crippen molar-refractivity contribution in [2.24, 2.45) is 5.73 Å². The molecule has 0 rings (SSSR count). The Morgan fingerprint density at radius 2 is 1.71 bits per heavy atom. The van der Waals surface area contributed by atoms with Gasteiger partial charge >= 0.3 is 8.56 Å². The average molecular weight is 235 g/mol. The van der Waals surface area contributed by atoms with Crippen molar-refractivity contribution in [3.63, 3.8) is 0 Å². The topological polar surface area (TPSA) is 44.5 Å². The molecular formula is C9H25NO2Si2. The summed E-state index contributed by atoms with van der Waals surface area (Å²) in [7, 11) is -3.41. The third-order valence-electron chi connectivity index (χ3n) is 1.81. The summed E-state index contributed by atoms with van der Waals surface area (Å²) in [4.78, 5) is 0. The van der Waals surface area contributed by atoms with Gasteiger partial charge in [0.15, 0.2) is 8.32 Å². The zero-order chi connectivity index (χ0) is 11.2. The molecule has 5 heteroatoms. The van der Waals surface area contributed by atoms with Crippen LogP contribution in [0.5, 0.6) is 0 Å². The number of hydrogen-bond donors (Lipinski definition) is 1. The lowest BCUT2D eigenvalue weighted by molar-refractivity contribution is 0.254. The van der Waals surface area contributed by atoms with Crippen LogP contribution in [0.1, 0.15) is 13.3 Å². The number of rotatable bonds is 7. The molecule has 0 aromatic rings. The zero-order valence-electron chi connectivity index (χ0n) is 10.2. The van der Waals surface area contributed by atoms with E-state index >= 15 is 0 Å². The molecule has 0 saturated carbocycles. The quantitative estimate of drug-likeness (QED) is 0.689. The molecule has 0 aliphatic carbocycles. The van der Waals surface area contributed by atoms with Crippen molar-refractivity contribution >= 4 is 16.9 Å². The fourth-order valence-corrected chi connectivity index (χ4v) is 8.96. The fourth-order valence-electron chi connectivity index (χ4n) is 1.53. The Morgan fingerprint density at radius 1 is 1.14 bits per heavy atom. The zero-order valence-corrected chi connectivity index (χ0v) is 12.2. The predicted octanol–water partition coefficient (Wildman–Crippen LogP) is 2.30. The van der Waals surface area contributed by atoms with Crippen LogP contribution >= 0.6 is 0 Å². The van der Waals surface area contributed by atoms with Crippen LogP contribution in [0.4, 0.5) is 0 Å². The van der Waals surface area contributed by atoms with Gasteiger partial charge < -0.3 is 14.3 Å². The first-order valence-corrected chi connectivity index (χ1v) is 11.3. The van der Waals surface area contributed by atoms with E-state index in [4.69, 9.17) is 14.3 Å². The predicted molar refractivity (Wildman–Crippen MR) is 66.2 cm³/mol. The van der Waals surface area contributed by atoms with E-state index in [-0.39, 0.29) is 0 Å². The summed E-state index contributed by atoms with van der Waals surface area (Å²) < 4.78 is 12.0. The fraction of sp³-hybridized carbons (Fsp3) is 1.00. The van der Waals surface area contributed by atoms with Crippen LogP contribution in [0, 0.1) is 0 Å². The van der Waals surface area contributed by atoms with Gasteiger partial charge in [0, 0.05) is 6.61 Å². The lowest BCUT2D eigenvalue weighted by Crippen LogP contribution is -2.47. The first-order valence-electron chi connectivity index (χ1n) is 5.37. The molecule has 0 aliphatic rings. The van der Waals surface area contributed by atoms with Crippen LogP contribution in [0.2, 0.25) is 32.2 Å². The molecule has 1 unspecified atom stereocenters. The second-order valence-corrected chi connectivity index (χ2v) is 12.8. The maximum Gasteiger partial charge on any atom is 0.324 e. The third kappa shape index (κ3) is 6.72. The van der Waals surface area contributed by atoms with Gasteiger partial charge in [0.25, 0.3) is 0 Å². The monoisotopic (exact) mass is 235 g/mol. The van der Waals surface area contributed by atoms with Gasteiger partial charge in [-0.05, 0) is 52.1 Å². The molecule has 0 radical (unpaired) electrons. The second kappa shape index (κ2) is 6.02. The summed E-state index contributed by atoms with van der Waals surface area (Å²) >= 11 is 0. The van der Waals surface area contributed by atoms with Gasteiger partial charge in [0.2, 0.25) is 0 Å². The molecule has 0 saturated heterocycles. The van der Waals surface area contributed by atoms with Crippen molar-refractivity contribution in [1.29, 1.82) is 0 Å². The molecule has 0 fully saturated rings. The van der Waals surface area contributed by atoms with E-state index in [0.717, 1.165) is 25.6 Å². The van der Waals surface area contributed by atoms with Crippen LogP contribution in [-0.2, 0) is 8.54 Å². The van der Waals surface area contributed by atoms with Crippen molar-refractivity contribution in [1.82, 2.24) is 0 Å². The van der Waals surface area contributed by atoms with Crippen LogP contribution in [0.15, 0.2) is 0 Å². The Hall–Kier alpha value is 0.314. The molecule has 0 spiro atoms. The average Bonchev–Trinajstić information content (AvgIpc) is 1.98. The normalized spacial score (nSPS) is 16.7. The highest BCUT2D eigenvalue weighted by Crippen LogP contribution is 2.20. The summed E-state index contributed by atoms with van der Waals surface area (Å²) in [6.45, 7) is 12.3. The molecule has 0 aromatic heterocycles. The summed E-state index contributed by atoms with van der Waals surface area (Å²) in [5.41, 5.74) is 5.52. The van der Waals surface area contributed by atoms with E-state index < -0.39 is 16.9 Å². The molecule has 1 atom stereocenters. The maximum absolute atomic E-state index is 6.17. The Morgan fingerprint density at radius 3 is 2.07 bits per heavy atom. The summed E-state index contributed by atoms with van der Waals surface area (Å²) in [6, 6.07) is 1.02. The van der Waals surface area contributed by atoms with Crippen molar-refractivity contribution in [2.75, 3.05) is 13.2 Å². The number of hydrogen-bond acceptors (Lipinski definition) is 3. The molecule has 0 aromatic carbocycles. The highest BCUT2D eigenvalue weighted by Gasteiger charge is 2.35. The third-order valence-corrected chi connectivity index (χ3v) is 8.14. The smallest absolute Gasteiger partial charge is 0.324 e. The van der Waals surface area contributed by atoms with Crippen molar-refractivity contribution in [2.45, 2.75) is 45.6 Å². The molecule has 0 aliphatic heterocycles. The minimum atomic E-state index is -1.92. The summed E-state index contributed by atoms with van der Waals surface area (Å²) in [6.07, 6.45) is 1.01. The van der Waals surface area contributed by atoms with Crippen molar-refractivity contribution < 1.29 is 8.54 Å². The van der Waals surface area contributed by atoms with Crippen LogP contribution in [0.3, 0.4) is 0 Å². The van der Waals surface area contributed by atoms with Crippen LogP contribution < -0.4 is 5.73 Å². The van der Waals surface area contributed by atoms with E-state index in [1.54, 1.807) is 0 Å². The van der Waals surface area contributed by atoms with Gasteiger partial charge in [-0.2, -0.15) is 0 Å². The molecule has 86 valence electrons. The van der Waals surface area contributed by atoms with Gasteiger partial charge in [0.05, 0.1) is 0 Å². The molecule has 0 bridgehead atoms. The van der Waals surface area contributed by atoms with Gasteiger partial charge in [0.1, 0.15) is 0 Å². The minimum absolute atomic E-state index is 0.727. The Balaban J connectivity index is 4.23. The van der Waals surface area contributed by atoms with E-state index in [9.17, 15) is 0 Å². The standard InChI is InChI=1S/C9H25NO2Si2/c1-6-11-14(5,9-7-8-10)12-13(2,3)4/h6-10H2,1-5H3. The van der Waals surface area contributed by atoms with Crippen molar-refractivity contribution in [3.05, 3.63) is 0 Å². The second-order valence-electron chi connectivity index (χ2n) is 4.67. The molecule has 3 nitrogen and oxygen atoms in total. The van der Waals surface area contributed by atoms with Gasteiger partial charge in [-0.15, -0.1) is 0 Å². The highest BCUT2D eigenvalue weighted by atomic mass is 28.4. The molecular weight excluding hydrogens is 210 g/mol. The minimum Gasteiger partial charge on any atom is -0.436 e. The molecule has 0 amide bonds. The number of nitrogens with two attached hydrogens (primary N) is 1. The summed E-state index contributed by atoms with van der Waals surface area (Å²) in [5.74, 6) is 0. The molecule has 2 N–H and O–H groups in total. The van der Waals surface area contributed by atoms with E-state index in [1.165, 1.54) is 0 Å². The maximum atomic E-state index is 6.17. The van der Waals surface area contributed by atoms with Gasteiger partial charge in [-0.25, -0.2) is 0 Å². The van der Waals surface area contributed by atoms with Crippen LogP contribution in [-0.4, -0.2) is 30.0 Å². The highest BCUT2D eigenvalue weighted by molar-refractivity contribution is 6.81. The first kappa shape index (κ1) is 14.3. The van der Waals surface area contributed by atoms with E-state index in [2.05, 4.69) is 26.2 Å². The lowest BCUT2D eigenvalue weighted by atomic mass is 10.5. The SMILES string of the molecule is CCO[Si](C)(CCCN)O[Si](C)(C)C. The lowest BCUT2D eigenvalue weighted by Gasteiger charge is -2.33. The largest absolute Gasteiger partial charge is 0.436 e. The Labute approximate surface area is 90.4 Å². The first-order chi connectivity index (χ1) is 6.33.